The second-order valence-electron chi connectivity index (χ2n) is 9.06. The van der Waals surface area contributed by atoms with Crippen molar-refractivity contribution in [3.05, 3.63) is 89.7 Å². The number of hydrogen-bond acceptors (Lipinski definition) is 4. The number of nitrogens with one attached hydrogen (secondary N) is 2. The van der Waals surface area contributed by atoms with Gasteiger partial charge >= 0.3 is 6.03 Å². The first kappa shape index (κ1) is 20.5. The number of imidazole rings is 1. The molecule has 7 nitrogen and oxygen atoms in total. The number of amidine groups is 1. The predicted molar refractivity (Wildman–Crippen MR) is 136 cm³/mol. The molecule has 170 valence electrons. The summed E-state index contributed by atoms with van der Waals surface area (Å²) >= 11 is 0. The maximum atomic E-state index is 13.3. The molecule has 0 radical (unpaired) electrons. The van der Waals surface area contributed by atoms with Gasteiger partial charge < -0.3 is 9.88 Å². The maximum absolute atomic E-state index is 13.3. The van der Waals surface area contributed by atoms with Crippen molar-refractivity contribution in [3.63, 3.8) is 0 Å². The number of aromatic amines is 1. The molecule has 1 aliphatic heterocycles. The first-order valence-corrected chi connectivity index (χ1v) is 11.5. The average Bonchev–Trinajstić information content (AvgIpc) is 3.56. The lowest BCUT2D eigenvalue weighted by Gasteiger charge is -2.24. The van der Waals surface area contributed by atoms with Gasteiger partial charge in [-0.15, -0.1) is 0 Å². The van der Waals surface area contributed by atoms with Gasteiger partial charge in [0, 0.05) is 25.5 Å². The number of fused-ring (bicyclic) bond motifs is 2. The molecule has 1 fully saturated rings. The number of aliphatic imine (C=N–C) groups is 1. The molecule has 34 heavy (non-hydrogen) atoms. The van der Waals surface area contributed by atoms with Gasteiger partial charge in [-0.2, -0.15) is 0 Å². The molecule has 1 aromatic heterocycles. The van der Waals surface area contributed by atoms with Gasteiger partial charge in [-0.25, -0.2) is 9.78 Å². The molecule has 1 aliphatic carbocycles. The Hall–Kier alpha value is -4.13. The van der Waals surface area contributed by atoms with E-state index in [0.717, 1.165) is 40.8 Å². The van der Waals surface area contributed by atoms with Gasteiger partial charge in [-0.1, -0.05) is 36.4 Å². The minimum absolute atomic E-state index is 0.0452. The molecule has 0 bridgehead atoms. The Kier molecular flexibility index (Phi) is 4.83. The van der Waals surface area contributed by atoms with Crippen LogP contribution in [0.4, 0.5) is 16.2 Å². The highest BCUT2D eigenvalue weighted by atomic mass is 16.2. The zero-order chi connectivity index (χ0) is 23.2. The van der Waals surface area contributed by atoms with E-state index in [1.54, 1.807) is 11.2 Å². The molecule has 6 rings (SSSR count). The Morgan fingerprint density at radius 2 is 1.88 bits per heavy atom. The highest BCUT2D eigenvalue weighted by Crippen LogP contribution is 2.38. The van der Waals surface area contributed by atoms with E-state index in [1.807, 2.05) is 32.3 Å². The van der Waals surface area contributed by atoms with E-state index in [9.17, 15) is 4.79 Å². The van der Waals surface area contributed by atoms with E-state index in [2.05, 4.69) is 68.7 Å². The smallest absolute Gasteiger partial charge is 0.328 e. The minimum Gasteiger partial charge on any atom is -0.378 e. The summed E-state index contributed by atoms with van der Waals surface area (Å²) in [5.41, 5.74) is 7.26. The van der Waals surface area contributed by atoms with Crippen molar-refractivity contribution in [2.24, 2.45) is 4.99 Å². The number of nitrogens with zero attached hydrogens (tertiary/aromatic N) is 4. The third kappa shape index (κ3) is 3.41. The van der Waals surface area contributed by atoms with Crippen LogP contribution in [0.5, 0.6) is 0 Å². The molecule has 2 heterocycles. The van der Waals surface area contributed by atoms with E-state index in [0.29, 0.717) is 5.84 Å². The third-order valence-electron chi connectivity index (χ3n) is 6.78. The van der Waals surface area contributed by atoms with Crippen LogP contribution in [-0.4, -0.2) is 35.9 Å². The number of urea groups is 1. The molecular weight excluding hydrogens is 424 g/mol. The summed E-state index contributed by atoms with van der Waals surface area (Å²) in [6.07, 6.45) is 3.62. The van der Waals surface area contributed by atoms with Crippen molar-refractivity contribution in [2.45, 2.75) is 24.9 Å². The first-order valence-electron chi connectivity index (χ1n) is 11.5. The predicted octanol–water partition coefficient (Wildman–Crippen LogP) is 4.99. The van der Waals surface area contributed by atoms with Crippen molar-refractivity contribution in [2.75, 3.05) is 23.9 Å². The number of aromatic nitrogens is 2. The minimum atomic E-state index is -0.340. The molecule has 3 aromatic carbocycles. The topological polar surface area (TPSA) is 76.6 Å². The zero-order valence-corrected chi connectivity index (χ0v) is 19.2. The molecular formula is C27H26N6O. The summed E-state index contributed by atoms with van der Waals surface area (Å²) in [4.78, 5) is 29.8. The van der Waals surface area contributed by atoms with Gasteiger partial charge in [0.25, 0.3) is 0 Å². The summed E-state index contributed by atoms with van der Waals surface area (Å²) in [6, 6.07) is 22.2. The molecule has 2 N–H and O–H groups in total. The van der Waals surface area contributed by atoms with Crippen molar-refractivity contribution < 1.29 is 4.79 Å². The molecule has 4 aromatic rings. The van der Waals surface area contributed by atoms with Gasteiger partial charge in [0.05, 0.1) is 23.4 Å². The van der Waals surface area contributed by atoms with Gasteiger partial charge in [-0.3, -0.25) is 15.2 Å². The van der Waals surface area contributed by atoms with Crippen LogP contribution < -0.4 is 15.1 Å². The van der Waals surface area contributed by atoms with Crippen LogP contribution >= 0.6 is 0 Å². The number of carbonyl (C=O) groups is 1. The lowest BCUT2D eigenvalue weighted by atomic mass is 10.0. The quantitative estimate of drug-likeness (QED) is 0.460. The van der Waals surface area contributed by atoms with Crippen LogP contribution in [-0.2, 0) is 6.42 Å². The van der Waals surface area contributed by atoms with E-state index >= 15 is 0 Å². The largest absolute Gasteiger partial charge is 0.378 e. The Morgan fingerprint density at radius 1 is 1.06 bits per heavy atom. The molecule has 0 spiro atoms. The standard InChI is InChI=1S/C27H26N6O/c1-32(2)19-10-7-18(8-11-19)25-26(30-22-13-9-17-5-3-4-6-21(17)22)31-27(34)33(25)20-12-14-23-24(15-20)29-16-28-23/h3-8,10-12,14-16,22,25H,9,13H2,1-2H3,(H,28,29)(H,30,31,34). The summed E-state index contributed by atoms with van der Waals surface area (Å²) < 4.78 is 0. The number of H-pyrrole nitrogens is 1. The average molecular weight is 451 g/mol. The molecule has 7 heteroatoms. The Balaban J connectivity index is 1.45. The van der Waals surface area contributed by atoms with Gasteiger partial charge in [-0.05, 0) is 59.9 Å². The second-order valence-corrected chi connectivity index (χ2v) is 9.06. The lowest BCUT2D eigenvalue weighted by molar-refractivity contribution is 0.252. The lowest BCUT2D eigenvalue weighted by Crippen LogP contribution is -2.29. The fourth-order valence-electron chi connectivity index (χ4n) is 5.02. The summed E-state index contributed by atoms with van der Waals surface area (Å²) in [7, 11) is 4.04. The molecule has 0 saturated carbocycles. The maximum Gasteiger partial charge on any atom is 0.328 e. The number of hydrogen-bond donors (Lipinski definition) is 2. The van der Waals surface area contributed by atoms with Crippen molar-refractivity contribution in [1.29, 1.82) is 0 Å². The van der Waals surface area contributed by atoms with Crippen LogP contribution in [0, 0.1) is 0 Å². The number of amides is 2. The normalized spacial score (nSPS) is 20.7. The van der Waals surface area contributed by atoms with E-state index in [1.165, 1.54) is 11.1 Å². The van der Waals surface area contributed by atoms with Crippen LogP contribution in [0.2, 0.25) is 0 Å². The fraction of sp³-hybridized carbons (Fsp3) is 0.222. The second kappa shape index (κ2) is 8.02. The number of benzene rings is 3. The first-order chi connectivity index (χ1) is 16.6. The van der Waals surface area contributed by atoms with E-state index < -0.39 is 0 Å². The molecule has 2 aliphatic rings. The Labute approximate surface area is 198 Å². The van der Waals surface area contributed by atoms with Crippen molar-refractivity contribution in [1.82, 2.24) is 15.3 Å². The molecule has 2 atom stereocenters. The van der Waals surface area contributed by atoms with Crippen LogP contribution in [0.1, 0.15) is 35.2 Å². The Morgan fingerprint density at radius 3 is 2.71 bits per heavy atom. The van der Waals surface area contributed by atoms with Crippen molar-refractivity contribution >= 4 is 34.3 Å². The monoisotopic (exact) mass is 450 g/mol. The summed E-state index contributed by atoms with van der Waals surface area (Å²) in [5.74, 6) is 0.687. The van der Waals surface area contributed by atoms with Gasteiger partial charge in [0.2, 0.25) is 0 Å². The van der Waals surface area contributed by atoms with Crippen LogP contribution in [0.25, 0.3) is 11.0 Å². The summed E-state index contributed by atoms with van der Waals surface area (Å²) in [5, 5.41) is 3.09. The fourth-order valence-corrected chi connectivity index (χ4v) is 5.02. The third-order valence-corrected chi connectivity index (χ3v) is 6.78. The highest BCUT2D eigenvalue weighted by Gasteiger charge is 2.40. The van der Waals surface area contributed by atoms with E-state index in [4.69, 9.17) is 4.99 Å². The van der Waals surface area contributed by atoms with Crippen LogP contribution in [0.3, 0.4) is 0 Å². The van der Waals surface area contributed by atoms with Gasteiger partial charge in [0.1, 0.15) is 11.9 Å². The number of rotatable bonds is 4. The summed E-state index contributed by atoms with van der Waals surface area (Å²) in [6.45, 7) is 0. The SMILES string of the molecule is CN(C)c1ccc(C2/C(=N\C3CCc4ccccc43)NC(=O)N2c2ccc3[nH]cnc3c2)cc1. The highest BCUT2D eigenvalue weighted by molar-refractivity contribution is 6.17. The molecule has 1 saturated heterocycles. The Bertz CT molecular complexity index is 1400. The van der Waals surface area contributed by atoms with Crippen molar-refractivity contribution in [3.8, 4) is 0 Å². The number of anilines is 2. The van der Waals surface area contributed by atoms with Gasteiger partial charge in [0.15, 0.2) is 0 Å². The number of aryl methyl sites for hydroxylation is 1. The number of carbonyl (C=O) groups excluding carboxylic acids is 1. The molecule has 2 amide bonds. The van der Waals surface area contributed by atoms with E-state index in [-0.39, 0.29) is 18.1 Å². The zero-order valence-electron chi connectivity index (χ0n) is 19.2. The molecule has 2 unspecified atom stereocenters. The van der Waals surface area contributed by atoms with Crippen LogP contribution in [0.15, 0.2) is 78.0 Å².